The Hall–Kier alpha value is -0.750. The van der Waals surface area contributed by atoms with Gasteiger partial charge in [-0.05, 0) is 12.5 Å². The fourth-order valence-electron chi connectivity index (χ4n) is 2.26. The molecule has 2 rings (SSSR count). The maximum Gasteiger partial charge on any atom is 0.219 e. The number of hydrogen-bond donors (Lipinski definition) is 0. The number of hydrogen-bond acceptors (Lipinski definition) is 3. The summed E-state index contributed by atoms with van der Waals surface area (Å²) in [6.45, 7) is 1.46. The molecule has 1 aliphatic heterocycles. The van der Waals surface area contributed by atoms with E-state index in [0.29, 0.717) is 0 Å². The van der Waals surface area contributed by atoms with Crippen LogP contribution in [0.25, 0.3) is 0 Å². The van der Waals surface area contributed by atoms with Gasteiger partial charge in [0, 0.05) is 17.7 Å². The predicted octanol–water partition coefficient (Wildman–Crippen LogP) is 2.49. The summed E-state index contributed by atoms with van der Waals surface area (Å²) < 4.78 is 51.3. The van der Waals surface area contributed by atoms with E-state index in [9.17, 15) is 17.2 Å². The summed E-state index contributed by atoms with van der Waals surface area (Å²) >= 11 is 5.69. The summed E-state index contributed by atoms with van der Waals surface area (Å²) in [5, 5.41) is 0.129. The molecule has 0 bridgehead atoms. The zero-order valence-electron chi connectivity index (χ0n) is 9.66. The van der Waals surface area contributed by atoms with Crippen LogP contribution in [0.15, 0.2) is 12.3 Å². The lowest BCUT2D eigenvalue weighted by molar-refractivity contribution is 0.0842. The van der Waals surface area contributed by atoms with Gasteiger partial charge in [0.05, 0.1) is 16.5 Å². The van der Waals surface area contributed by atoms with Gasteiger partial charge in [-0.3, -0.25) is 0 Å². The molecule has 0 aromatic carbocycles. The lowest BCUT2D eigenvalue weighted by Gasteiger charge is -2.35. The highest BCUT2D eigenvalue weighted by Gasteiger charge is 2.46. The third-order valence-electron chi connectivity index (χ3n) is 3.32. The van der Waals surface area contributed by atoms with Crippen molar-refractivity contribution in [2.45, 2.75) is 19.0 Å². The summed E-state index contributed by atoms with van der Waals surface area (Å²) in [7, 11) is -3.25. The molecule has 2 unspecified atom stereocenters. The van der Waals surface area contributed by atoms with Crippen LogP contribution in [0, 0.1) is 11.9 Å². The molecule has 1 fully saturated rings. The van der Waals surface area contributed by atoms with Gasteiger partial charge in [-0.1, -0.05) is 18.5 Å². The number of sulfone groups is 1. The Morgan fingerprint density at radius 1 is 1.56 bits per heavy atom. The Labute approximate surface area is 109 Å². The highest BCUT2D eigenvalue weighted by Crippen LogP contribution is 2.43. The summed E-state index contributed by atoms with van der Waals surface area (Å²) in [4.78, 5) is 3.38. The van der Waals surface area contributed by atoms with E-state index in [1.807, 2.05) is 0 Å². The molecule has 0 N–H and O–H groups in total. The monoisotopic (exact) mass is 295 g/mol. The Morgan fingerprint density at radius 3 is 2.83 bits per heavy atom. The van der Waals surface area contributed by atoms with Crippen molar-refractivity contribution in [2.24, 2.45) is 5.92 Å². The molecule has 1 aromatic rings. The molecule has 2 heterocycles. The van der Waals surface area contributed by atoms with E-state index in [0.717, 1.165) is 6.20 Å². The first-order chi connectivity index (χ1) is 8.24. The van der Waals surface area contributed by atoms with Crippen LogP contribution in [0.2, 0.25) is 5.02 Å². The van der Waals surface area contributed by atoms with Crippen molar-refractivity contribution in [1.82, 2.24) is 4.98 Å². The van der Waals surface area contributed by atoms with Gasteiger partial charge in [0.1, 0.15) is 5.67 Å². The smallest absolute Gasteiger partial charge is 0.219 e. The predicted molar refractivity (Wildman–Crippen MR) is 64.4 cm³/mol. The summed E-state index contributed by atoms with van der Waals surface area (Å²) in [5.41, 5.74) is -2.29. The van der Waals surface area contributed by atoms with Crippen molar-refractivity contribution in [3.63, 3.8) is 0 Å². The number of halogens is 3. The lowest BCUT2D eigenvalue weighted by Crippen LogP contribution is -2.41. The number of nitrogens with zero attached hydrogens (tertiary/aromatic N) is 1. The number of rotatable bonds is 1. The number of aromatic nitrogens is 1. The van der Waals surface area contributed by atoms with Crippen molar-refractivity contribution in [3.8, 4) is 0 Å². The maximum atomic E-state index is 14.9. The molecular formula is C11H12ClF2NO2S. The number of alkyl halides is 1. The molecule has 1 saturated heterocycles. The third kappa shape index (κ3) is 2.36. The fourth-order valence-corrected chi connectivity index (χ4v) is 4.22. The molecule has 3 nitrogen and oxygen atoms in total. The minimum Gasteiger partial charge on any atom is -0.238 e. The van der Waals surface area contributed by atoms with Crippen LogP contribution in [-0.4, -0.2) is 24.9 Å². The second-order valence-corrected chi connectivity index (χ2v) is 7.28. The molecule has 0 saturated carbocycles. The Balaban J connectivity index is 2.46. The van der Waals surface area contributed by atoms with Crippen LogP contribution in [0.3, 0.4) is 0 Å². The number of pyridine rings is 1. The average molecular weight is 296 g/mol. The van der Waals surface area contributed by atoms with Gasteiger partial charge < -0.3 is 0 Å². The van der Waals surface area contributed by atoms with Crippen LogP contribution < -0.4 is 0 Å². The minimum atomic E-state index is -3.25. The molecule has 2 atom stereocenters. The van der Waals surface area contributed by atoms with Gasteiger partial charge in [0.2, 0.25) is 5.95 Å². The van der Waals surface area contributed by atoms with Crippen molar-refractivity contribution in [1.29, 1.82) is 0 Å². The molecule has 100 valence electrons. The zero-order valence-corrected chi connectivity index (χ0v) is 11.2. The highest BCUT2D eigenvalue weighted by molar-refractivity contribution is 7.91. The molecule has 18 heavy (non-hydrogen) atoms. The van der Waals surface area contributed by atoms with E-state index in [2.05, 4.69) is 4.98 Å². The normalized spacial score (nSPS) is 31.2. The minimum absolute atomic E-state index is 0.129. The molecule has 0 radical (unpaired) electrons. The van der Waals surface area contributed by atoms with Gasteiger partial charge in [-0.25, -0.2) is 17.8 Å². The van der Waals surface area contributed by atoms with Crippen LogP contribution in [-0.2, 0) is 15.5 Å². The quantitative estimate of drug-likeness (QED) is 0.748. The topological polar surface area (TPSA) is 47.0 Å². The first-order valence-electron chi connectivity index (χ1n) is 5.45. The van der Waals surface area contributed by atoms with E-state index in [-0.39, 0.29) is 28.5 Å². The van der Waals surface area contributed by atoms with Crippen molar-refractivity contribution >= 4 is 21.4 Å². The van der Waals surface area contributed by atoms with Crippen molar-refractivity contribution in [3.05, 3.63) is 28.8 Å². The van der Waals surface area contributed by atoms with Crippen LogP contribution in [0.4, 0.5) is 8.78 Å². The van der Waals surface area contributed by atoms with E-state index in [1.54, 1.807) is 0 Å². The van der Waals surface area contributed by atoms with Gasteiger partial charge in [0.15, 0.2) is 9.84 Å². The molecule has 1 aliphatic rings. The Morgan fingerprint density at radius 2 is 2.22 bits per heavy atom. The fraction of sp³-hybridized carbons (Fsp3) is 0.545. The second-order valence-electron chi connectivity index (χ2n) is 4.62. The third-order valence-corrected chi connectivity index (χ3v) is 5.36. The maximum absolute atomic E-state index is 14.9. The van der Waals surface area contributed by atoms with Crippen LogP contribution in [0.1, 0.15) is 18.9 Å². The van der Waals surface area contributed by atoms with Gasteiger partial charge in [-0.15, -0.1) is 0 Å². The molecule has 0 aliphatic carbocycles. The molecule has 0 amide bonds. The van der Waals surface area contributed by atoms with Crippen molar-refractivity contribution in [2.75, 3.05) is 11.5 Å². The van der Waals surface area contributed by atoms with Crippen LogP contribution >= 0.6 is 11.6 Å². The largest absolute Gasteiger partial charge is 0.238 e. The van der Waals surface area contributed by atoms with E-state index >= 15 is 0 Å². The SMILES string of the molecule is CC1CS(=O)(=O)CCC1(F)c1cc(Cl)cnc1F. The summed E-state index contributed by atoms with van der Waals surface area (Å²) in [6, 6.07) is 1.18. The highest BCUT2D eigenvalue weighted by atomic mass is 35.5. The van der Waals surface area contributed by atoms with Crippen LogP contribution in [0.5, 0.6) is 0 Å². The summed E-state index contributed by atoms with van der Waals surface area (Å²) in [6.07, 6.45) is 0.823. The van der Waals surface area contributed by atoms with E-state index in [4.69, 9.17) is 11.6 Å². The first kappa shape index (κ1) is 13.7. The van der Waals surface area contributed by atoms with Gasteiger partial charge >= 0.3 is 0 Å². The van der Waals surface area contributed by atoms with Crippen molar-refractivity contribution < 1.29 is 17.2 Å². The lowest BCUT2D eigenvalue weighted by atomic mass is 9.83. The van der Waals surface area contributed by atoms with E-state index in [1.165, 1.54) is 13.0 Å². The molecular weight excluding hydrogens is 284 g/mol. The van der Waals surface area contributed by atoms with Gasteiger partial charge in [0.25, 0.3) is 0 Å². The Bertz CT molecular complexity index is 578. The average Bonchev–Trinajstić information content (AvgIpc) is 2.27. The second kappa shape index (κ2) is 4.42. The Kier molecular flexibility index (Phi) is 3.36. The first-order valence-corrected chi connectivity index (χ1v) is 7.65. The molecule has 0 spiro atoms. The molecule has 1 aromatic heterocycles. The summed E-state index contributed by atoms with van der Waals surface area (Å²) in [5.74, 6) is -2.35. The molecule has 7 heteroatoms. The van der Waals surface area contributed by atoms with Gasteiger partial charge in [-0.2, -0.15) is 4.39 Å². The standard InChI is InChI=1S/C11H12ClF2NO2S/c1-7-6-18(16,17)3-2-11(7,14)9-4-8(12)5-15-10(9)13/h4-5,7H,2-3,6H2,1H3. The van der Waals surface area contributed by atoms with E-state index < -0.39 is 27.4 Å². The zero-order chi connectivity index (χ0) is 13.6.